The SMILES string of the molecule is CNC1CN(c2cccc(C)c2)CCC1(C)C. The van der Waals surface area contributed by atoms with E-state index in [4.69, 9.17) is 0 Å². The molecule has 1 saturated heterocycles. The lowest BCUT2D eigenvalue weighted by atomic mass is 9.78. The molecule has 0 radical (unpaired) electrons. The Balaban J connectivity index is 2.15. The summed E-state index contributed by atoms with van der Waals surface area (Å²) in [6, 6.07) is 9.38. The highest BCUT2D eigenvalue weighted by Crippen LogP contribution is 2.32. The van der Waals surface area contributed by atoms with Gasteiger partial charge in [0.25, 0.3) is 0 Å². The number of likely N-dealkylation sites (N-methyl/N-ethyl adjacent to an activating group) is 1. The molecule has 1 heterocycles. The minimum absolute atomic E-state index is 0.398. The van der Waals surface area contributed by atoms with Crippen molar-refractivity contribution in [1.29, 1.82) is 0 Å². The van der Waals surface area contributed by atoms with Gasteiger partial charge in [0.05, 0.1) is 0 Å². The number of hydrogen-bond acceptors (Lipinski definition) is 2. The number of nitrogens with zero attached hydrogens (tertiary/aromatic N) is 1. The van der Waals surface area contributed by atoms with E-state index in [1.54, 1.807) is 0 Å². The molecular formula is C15H24N2. The zero-order valence-electron chi connectivity index (χ0n) is 11.5. The number of piperidine rings is 1. The summed E-state index contributed by atoms with van der Waals surface area (Å²) < 4.78 is 0. The lowest BCUT2D eigenvalue weighted by Crippen LogP contribution is -2.54. The molecule has 0 bridgehead atoms. The third-order valence-corrected chi connectivity index (χ3v) is 4.09. The van der Waals surface area contributed by atoms with E-state index in [9.17, 15) is 0 Å². The van der Waals surface area contributed by atoms with Crippen molar-refractivity contribution < 1.29 is 0 Å². The predicted octanol–water partition coefficient (Wildman–Crippen LogP) is 2.82. The van der Waals surface area contributed by atoms with Gasteiger partial charge in [-0.3, -0.25) is 0 Å². The first-order valence-corrected chi connectivity index (χ1v) is 6.52. The van der Waals surface area contributed by atoms with Gasteiger partial charge in [0.15, 0.2) is 0 Å². The number of hydrogen-bond donors (Lipinski definition) is 1. The fourth-order valence-electron chi connectivity index (χ4n) is 2.70. The summed E-state index contributed by atoms with van der Waals surface area (Å²) in [6.45, 7) is 9.15. The Morgan fingerprint density at radius 3 is 2.76 bits per heavy atom. The van der Waals surface area contributed by atoms with E-state index < -0.39 is 0 Å². The van der Waals surface area contributed by atoms with Crippen LogP contribution >= 0.6 is 0 Å². The van der Waals surface area contributed by atoms with Crippen LogP contribution < -0.4 is 10.2 Å². The van der Waals surface area contributed by atoms with Crippen molar-refractivity contribution in [3.05, 3.63) is 29.8 Å². The Hall–Kier alpha value is -1.02. The monoisotopic (exact) mass is 232 g/mol. The number of anilines is 1. The standard InChI is InChI=1S/C15H24N2/c1-12-6-5-7-13(10-12)17-9-8-15(2,3)14(11-17)16-4/h5-7,10,14,16H,8-9,11H2,1-4H3. The first-order chi connectivity index (χ1) is 8.03. The predicted molar refractivity (Wildman–Crippen MR) is 74.6 cm³/mol. The van der Waals surface area contributed by atoms with Crippen LogP contribution in [-0.2, 0) is 0 Å². The van der Waals surface area contributed by atoms with E-state index in [2.05, 4.69) is 62.3 Å². The first-order valence-electron chi connectivity index (χ1n) is 6.52. The average Bonchev–Trinajstić information content (AvgIpc) is 2.28. The van der Waals surface area contributed by atoms with Gasteiger partial charge in [0.1, 0.15) is 0 Å². The molecule has 17 heavy (non-hydrogen) atoms. The third-order valence-electron chi connectivity index (χ3n) is 4.09. The van der Waals surface area contributed by atoms with Gasteiger partial charge < -0.3 is 10.2 Å². The number of benzene rings is 1. The largest absolute Gasteiger partial charge is 0.370 e. The van der Waals surface area contributed by atoms with Gasteiger partial charge in [-0.05, 0) is 43.5 Å². The highest BCUT2D eigenvalue weighted by atomic mass is 15.2. The molecule has 2 rings (SSSR count). The third kappa shape index (κ3) is 2.63. The summed E-state index contributed by atoms with van der Waals surface area (Å²) in [5, 5.41) is 3.47. The Bertz CT molecular complexity index is 384. The van der Waals surface area contributed by atoms with Crippen molar-refractivity contribution in [2.75, 3.05) is 25.0 Å². The summed E-state index contributed by atoms with van der Waals surface area (Å²) in [7, 11) is 2.08. The molecule has 1 N–H and O–H groups in total. The fraction of sp³-hybridized carbons (Fsp3) is 0.600. The quantitative estimate of drug-likeness (QED) is 0.843. The van der Waals surface area contributed by atoms with Crippen LogP contribution in [0.25, 0.3) is 0 Å². The van der Waals surface area contributed by atoms with Crippen molar-refractivity contribution in [3.8, 4) is 0 Å². The van der Waals surface area contributed by atoms with Gasteiger partial charge in [-0.15, -0.1) is 0 Å². The van der Waals surface area contributed by atoms with Crippen LogP contribution in [0.15, 0.2) is 24.3 Å². The summed E-state index contributed by atoms with van der Waals surface area (Å²) in [4.78, 5) is 2.50. The van der Waals surface area contributed by atoms with Gasteiger partial charge in [-0.2, -0.15) is 0 Å². The molecule has 1 aliphatic rings. The second-order valence-corrected chi connectivity index (χ2v) is 5.86. The molecular weight excluding hydrogens is 208 g/mol. The zero-order chi connectivity index (χ0) is 12.5. The van der Waals surface area contributed by atoms with Crippen LogP contribution in [0.5, 0.6) is 0 Å². The van der Waals surface area contributed by atoms with Crippen molar-refractivity contribution >= 4 is 5.69 Å². The Labute approximate surface area is 105 Å². The molecule has 0 aromatic heterocycles. The molecule has 1 aliphatic heterocycles. The Kier molecular flexibility index (Phi) is 3.43. The lowest BCUT2D eigenvalue weighted by molar-refractivity contribution is 0.208. The zero-order valence-corrected chi connectivity index (χ0v) is 11.5. The maximum absolute atomic E-state index is 3.47. The van der Waals surface area contributed by atoms with Gasteiger partial charge >= 0.3 is 0 Å². The van der Waals surface area contributed by atoms with Crippen LogP contribution in [0.4, 0.5) is 5.69 Å². The highest BCUT2D eigenvalue weighted by molar-refractivity contribution is 5.49. The first kappa shape index (κ1) is 12.4. The number of rotatable bonds is 2. The molecule has 2 heteroatoms. The molecule has 0 amide bonds. The molecule has 0 spiro atoms. The van der Waals surface area contributed by atoms with E-state index >= 15 is 0 Å². The van der Waals surface area contributed by atoms with E-state index in [0.29, 0.717) is 11.5 Å². The Morgan fingerprint density at radius 1 is 1.35 bits per heavy atom. The second-order valence-electron chi connectivity index (χ2n) is 5.86. The number of nitrogens with one attached hydrogen (secondary N) is 1. The van der Waals surface area contributed by atoms with Crippen molar-refractivity contribution in [1.82, 2.24) is 5.32 Å². The smallest absolute Gasteiger partial charge is 0.0369 e. The van der Waals surface area contributed by atoms with Crippen LogP contribution in [0.3, 0.4) is 0 Å². The number of aryl methyl sites for hydroxylation is 1. The normalized spacial score (nSPS) is 23.8. The molecule has 1 atom stereocenters. The van der Waals surface area contributed by atoms with Gasteiger partial charge in [0.2, 0.25) is 0 Å². The molecule has 2 nitrogen and oxygen atoms in total. The van der Waals surface area contributed by atoms with Crippen molar-refractivity contribution in [2.45, 2.75) is 33.2 Å². The van der Waals surface area contributed by atoms with Crippen molar-refractivity contribution in [2.24, 2.45) is 5.41 Å². The minimum atomic E-state index is 0.398. The summed E-state index contributed by atoms with van der Waals surface area (Å²) in [5.74, 6) is 0. The van der Waals surface area contributed by atoms with Crippen LogP contribution in [0.2, 0.25) is 0 Å². The maximum Gasteiger partial charge on any atom is 0.0369 e. The summed E-state index contributed by atoms with van der Waals surface area (Å²) in [6.07, 6.45) is 1.24. The molecule has 1 fully saturated rings. The highest BCUT2D eigenvalue weighted by Gasteiger charge is 2.34. The molecule has 1 aromatic rings. The minimum Gasteiger partial charge on any atom is -0.370 e. The van der Waals surface area contributed by atoms with Crippen molar-refractivity contribution in [3.63, 3.8) is 0 Å². The molecule has 0 saturated carbocycles. The van der Waals surface area contributed by atoms with E-state index in [0.717, 1.165) is 13.1 Å². The van der Waals surface area contributed by atoms with Crippen LogP contribution in [0.1, 0.15) is 25.8 Å². The van der Waals surface area contributed by atoms with E-state index in [-0.39, 0.29) is 0 Å². The van der Waals surface area contributed by atoms with Gasteiger partial charge in [-0.1, -0.05) is 26.0 Å². The maximum atomic E-state index is 3.47. The molecule has 1 unspecified atom stereocenters. The average molecular weight is 232 g/mol. The van der Waals surface area contributed by atoms with E-state index in [1.807, 2.05) is 0 Å². The fourth-order valence-corrected chi connectivity index (χ4v) is 2.70. The molecule has 1 aromatic carbocycles. The molecule has 94 valence electrons. The van der Waals surface area contributed by atoms with E-state index in [1.165, 1.54) is 17.7 Å². The topological polar surface area (TPSA) is 15.3 Å². The Morgan fingerprint density at radius 2 is 2.12 bits per heavy atom. The second kappa shape index (κ2) is 4.69. The van der Waals surface area contributed by atoms with Gasteiger partial charge in [-0.25, -0.2) is 0 Å². The van der Waals surface area contributed by atoms with Gasteiger partial charge in [0, 0.05) is 24.8 Å². The van der Waals surface area contributed by atoms with Crippen LogP contribution in [0, 0.1) is 12.3 Å². The summed E-state index contributed by atoms with van der Waals surface area (Å²) in [5.41, 5.74) is 3.10. The molecule has 0 aliphatic carbocycles. The summed E-state index contributed by atoms with van der Waals surface area (Å²) >= 11 is 0. The van der Waals surface area contributed by atoms with Crippen LogP contribution in [-0.4, -0.2) is 26.2 Å². The lowest BCUT2D eigenvalue weighted by Gasteiger charge is -2.44.